The average molecular weight is 475 g/mol. The molecular formula is C26H30N6O3. The number of H-pyrrole nitrogens is 1. The maximum absolute atomic E-state index is 12.7. The third kappa shape index (κ3) is 5.21. The van der Waals surface area contributed by atoms with E-state index in [1.54, 1.807) is 11.7 Å². The number of nitrogens with one attached hydrogen (secondary N) is 1. The first kappa shape index (κ1) is 23.1. The van der Waals surface area contributed by atoms with Gasteiger partial charge in [0.1, 0.15) is 12.1 Å². The van der Waals surface area contributed by atoms with Crippen LogP contribution in [-0.4, -0.2) is 57.8 Å². The van der Waals surface area contributed by atoms with Crippen LogP contribution in [0.15, 0.2) is 53.3 Å². The van der Waals surface area contributed by atoms with Gasteiger partial charge in [0.05, 0.1) is 13.2 Å². The number of fused-ring (bicyclic) bond motifs is 1. The second-order valence-electron chi connectivity index (χ2n) is 8.83. The smallest absolute Gasteiger partial charge is 0.328 e. The minimum absolute atomic E-state index is 0.115. The summed E-state index contributed by atoms with van der Waals surface area (Å²) in [6, 6.07) is 17.1. The highest BCUT2D eigenvalue weighted by molar-refractivity contribution is 5.82. The van der Waals surface area contributed by atoms with Gasteiger partial charge >= 0.3 is 11.7 Å². The molecule has 0 unspecified atom stereocenters. The summed E-state index contributed by atoms with van der Waals surface area (Å²) in [6.45, 7) is 4.40. The summed E-state index contributed by atoms with van der Waals surface area (Å²) in [5.41, 5.74) is 11.2. The number of rotatable bonds is 9. The summed E-state index contributed by atoms with van der Waals surface area (Å²) < 4.78 is 12.0. The van der Waals surface area contributed by atoms with Crippen molar-refractivity contribution in [3.05, 3.63) is 70.1 Å². The Morgan fingerprint density at radius 3 is 2.54 bits per heavy atom. The Balaban J connectivity index is 1.35. The molecule has 2 aromatic heterocycles. The lowest BCUT2D eigenvalue weighted by atomic mass is 10.0. The summed E-state index contributed by atoms with van der Waals surface area (Å²) in [7, 11) is 1.59. The van der Waals surface area contributed by atoms with E-state index in [0.717, 1.165) is 17.7 Å². The van der Waals surface area contributed by atoms with Gasteiger partial charge in [0.15, 0.2) is 11.5 Å². The van der Waals surface area contributed by atoms with Gasteiger partial charge in [-0.1, -0.05) is 42.5 Å². The number of anilines is 1. The zero-order valence-corrected chi connectivity index (χ0v) is 19.9. The molecule has 0 bridgehead atoms. The number of nitrogen functional groups attached to an aromatic ring is 1. The number of likely N-dealkylation sites (tertiary alicyclic amines) is 1. The number of imidazole rings is 1. The molecule has 3 N–H and O–H groups in total. The van der Waals surface area contributed by atoms with Crippen molar-refractivity contribution in [1.29, 1.82) is 0 Å². The SMILES string of the molecule is COCCOc1nc(N)c2[nH]c(=O)n(Cc3ccc(-c4cccc(CN5CCCC5)c4)cc3)c2n1. The summed E-state index contributed by atoms with van der Waals surface area (Å²) in [6.07, 6.45) is 2.59. The maximum atomic E-state index is 12.7. The van der Waals surface area contributed by atoms with Crippen LogP contribution in [0.1, 0.15) is 24.0 Å². The van der Waals surface area contributed by atoms with Gasteiger partial charge in [-0.2, -0.15) is 9.97 Å². The van der Waals surface area contributed by atoms with Gasteiger partial charge < -0.3 is 20.2 Å². The third-order valence-electron chi connectivity index (χ3n) is 6.31. The van der Waals surface area contributed by atoms with Crippen molar-refractivity contribution >= 4 is 17.0 Å². The molecule has 35 heavy (non-hydrogen) atoms. The van der Waals surface area contributed by atoms with Crippen LogP contribution in [0.5, 0.6) is 6.01 Å². The van der Waals surface area contributed by atoms with Crippen molar-refractivity contribution in [2.45, 2.75) is 25.9 Å². The fraction of sp³-hybridized carbons (Fsp3) is 0.346. The summed E-state index contributed by atoms with van der Waals surface area (Å²) in [5, 5.41) is 0. The van der Waals surface area contributed by atoms with E-state index in [2.05, 4.69) is 56.3 Å². The monoisotopic (exact) mass is 474 g/mol. The van der Waals surface area contributed by atoms with E-state index in [-0.39, 0.29) is 24.1 Å². The highest BCUT2D eigenvalue weighted by Gasteiger charge is 2.15. The largest absolute Gasteiger partial charge is 0.461 e. The Kier molecular flexibility index (Phi) is 6.78. The number of methoxy groups -OCH3 is 1. The van der Waals surface area contributed by atoms with Crippen LogP contribution < -0.4 is 16.2 Å². The summed E-state index contributed by atoms with van der Waals surface area (Å²) in [5.74, 6) is 0.169. The molecule has 0 saturated carbocycles. The van der Waals surface area contributed by atoms with Crippen LogP contribution in [-0.2, 0) is 17.8 Å². The van der Waals surface area contributed by atoms with Gasteiger partial charge in [0.25, 0.3) is 0 Å². The molecule has 182 valence electrons. The number of ether oxygens (including phenoxy) is 2. The molecule has 2 aromatic carbocycles. The molecule has 0 radical (unpaired) electrons. The van der Waals surface area contributed by atoms with Gasteiger partial charge in [-0.3, -0.25) is 9.47 Å². The Labute approximate surface area is 203 Å². The third-order valence-corrected chi connectivity index (χ3v) is 6.31. The molecule has 1 aliphatic heterocycles. The van der Waals surface area contributed by atoms with E-state index in [4.69, 9.17) is 15.2 Å². The Hall–Kier alpha value is -3.69. The molecule has 0 amide bonds. The quantitative estimate of drug-likeness (QED) is 0.359. The first-order valence-corrected chi connectivity index (χ1v) is 11.9. The number of benzene rings is 2. The molecule has 9 nitrogen and oxygen atoms in total. The normalized spacial score (nSPS) is 14.1. The number of hydrogen-bond donors (Lipinski definition) is 2. The highest BCUT2D eigenvalue weighted by Crippen LogP contribution is 2.24. The fourth-order valence-corrected chi connectivity index (χ4v) is 4.49. The van der Waals surface area contributed by atoms with Gasteiger partial charge in [-0.05, 0) is 54.3 Å². The molecule has 9 heteroatoms. The van der Waals surface area contributed by atoms with Crippen LogP contribution in [0.2, 0.25) is 0 Å². The van der Waals surface area contributed by atoms with Crippen molar-refractivity contribution < 1.29 is 9.47 Å². The van der Waals surface area contributed by atoms with Crippen LogP contribution in [0.25, 0.3) is 22.3 Å². The number of aromatic nitrogens is 4. The standard InChI is InChI=1S/C26H30N6O3/c1-34-13-14-35-25-29-23(27)22-24(30-25)32(26(33)28-22)17-18-7-9-20(10-8-18)21-6-4-5-19(15-21)16-31-11-2-3-12-31/h4-10,15H,2-3,11-14,16-17H2,1H3,(H,28,33)(H2,27,29,30). The molecule has 0 aliphatic carbocycles. The van der Waals surface area contributed by atoms with E-state index >= 15 is 0 Å². The van der Waals surface area contributed by atoms with Gasteiger partial charge in [-0.25, -0.2) is 4.79 Å². The molecule has 1 aliphatic rings. The van der Waals surface area contributed by atoms with E-state index in [9.17, 15) is 4.79 Å². The number of aromatic amines is 1. The summed E-state index contributed by atoms with van der Waals surface area (Å²) >= 11 is 0. The lowest BCUT2D eigenvalue weighted by molar-refractivity contribution is 0.141. The molecule has 1 fully saturated rings. The number of hydrogen-bond acceptors (Lipinski definition) is 7. The predicted molar refractivity (Wildman–Crippen MR) is 135 cm³/mol. The number of nitrogens with zero attached hydrogens (tertiary/aromatic N) is 4. The Morgan fingerprint density at radius 2 is 1.77 bits per heavy atom. The van der Waals surface area contributed by atoms with E-state index in [1.807, 2.05) is 12.1 Å². The lowest BCUT2D eigenvalue weighted by Gasteiger charge is -2.15. The van der Waals surface area contributed by atoms with E-state index in [0.29, 0.717) is 24.3 Å². The summed E-state index contributed by atoms with van der Waals surface area (Å²) in [4.78, 5) is 26.4. The van der Waals surface area contributed by atoms with Crippen LogP contribution >= 0.6 is 0 Å². The van der Waals surface area contributed by atoms with Crippen molar-refractivity contribution in [1.82, 2.24) is 24.4 Å². The lowest BCUT2D eigenvalue weighted by Crippen LogP contribution is -2.18. The van der Waals surface area contributed by atoms with E-state index < -0.39 is 0 Å². The Bertz CT molecular complexity index is 1360. The van der Waals surface area contributed by atoms with Crippen molar-refractivity contribution in [2.75, 3.05) is 39.1 Å². The van der Waals surface area contributed by atoms with Crippen LogP contribution in [0, 0.1) is 0 Å². The molecular weight excluding hydrogens is 444 g/mol. The zero-order valence-electron chi connectivity index (χ0n) is 19.9. The van der Waals surface area contributed by atoms with Crippen molar-refractivity contribution in [3.63, 3.8) is 0 Å². The average Bonchev–Trinajstić information content (AvgIpc) is 3.48. The molecule has 4 aromatic rings. The van der Waals surface area contributed by atoms with E-state index in [1.165, 1.54) is 37.1 Å². The number of nitrogens with two attached hydrogens (primary N) is 1. The maximum Gasteiger partial charge on any atom is 0.328 e. The minimum atomic E-state index is -0.297. The molecule has 0 atom stereocenters. The van der Waals surface area contributed by atoms with Gasteiger partial charge in [-0.15, -0.1) is 0 Å². The van der Waals surface area contributed by atoms with Gasteiger partial charge in [0, 0.05) is 13.7 Å². The topological polar surface area (TPSA) is 111 Å². The van der Waals surface area contributed by atoms with Crippen LogP contribution in [0.4, 0.5) is 5.82 Å². The second kappa shape index (κ2) is 10.3. The highest BCUT2D eigenvalue weighted by atomic mass is 16.5. The minimum Gasteiger partial charge on any atom is -0.461 e. The zero-order chi connectivity index (χ0) is 24.2. The first-order chi connectivity index (χ1) is 17.1. The molecule has 5 rings (SSSR count). The second-order valence-corrected chi connectivity index (χ2v) is 8.83. The molecule has 1 saturated heterocycles. The Morgan fingerprint density at radius 1 is 0.971 bits per heavy atom. The van der Waals surface area contributed by atoms with Crippen molar-refractivity contribution in [2.24, 2.45) is 0 Å². The first-order valence-electron chi connectivity index (χ1n) is 11.9. The van der Waals surface area contributed by atoms with Crippen LogP contribution in [0.3, 0.4) is 0 Å². The molecule has 0 spiro atoms. The molecule has 3 heterocycles. The van der Waals surface area contributed by atoms with Crippen molar-refractivity contribution in [3.8, 4) is 17.1 Å². The van der Waals surface area contributed by atoms with Gasteiger partial charge in [0.2, 0.25) is 0 Å². The predicted octanol–water partition coefficient (Wildman–Crippen LogP) is 3.04. The fourth-order valence-electron chi connectivity index (χ4n) is 4.49.